The van der Waals surface area contributed by atoms with Gasteiger partial charge in [0.15, 0.2) is 11.9 Å². The summed E-state index contributed by atoms with van der Waals surface area (Å²) in [6.45, 7) is 14.4. The standard InChI is InChI=1S/C34H38N4O5/c1-8-18-15(4)22-11-23-16(5)19(9-2)30(37-23)29-28(32(41)42-7)31(40)33-17(6)24(38-34(29,33)43-33)12-26-20(10-3)21(14-39)27(36-26)13-25(18)35-22/h8,11-14,16,19,28,31,35-38,40H,1,9-10H2,2-7H3/b23-11-,26-12-,27-13-,30-29-/t16-,19-,28+,31?,33-,34+/m0/s1. The summed E-state index contributed by atoms with van der Waals surface area (Å²) in [5.41, 5.74) is 7.27. The lowest BCUT2D eigenvalue weighted by Crippen LogP contribution is -2.39. The molecule has 5 N–H and O–H groups in total. The fraction of sp³-hybridized carbons (Fsp3) is 0.412. The topological polar surface area (TPSA) is 132 Å². The number of rotatable bonds is 5. The van der Waals surface area contributed by atoms with E-state index in [4.69, 9.17) is 9.47 Å². The fourth-order valence-electron chi connectivity index (χ4n) is 8.25. The maximum atomic E-state index is 13.3. The molecule has 1 saturated carbocycles. The lowest BCUT2D eigenvalue weighted by molar-refractivity contribution is -0.149. The summed E-state index contributed by atoms with van der Waals surface area (Å²) in [4.78, 5) is 32.8. The van der Waals surface area contributed by atoms with E-state index in [9.17, 15) is 14.7 Å². The first kappa shape index (κ1) is 27.7. The van der Waals surface area contributed by atoms with Crippen molar-refractivity contribution >= 4 is 36.6 Å². The normalized spacial score (nSPS) is 35.9. The van der Waals surface area contributed by atoms with Crippen molar-refractivity contribution in [2.24, 2.45) is 17.8 Å². The summed E-state index contributed by atoms with van der Waals surface area (Å²) in [7, 11) is 1.36. The number of allylic oxidation sites excluding steroid dienone is 3. The first-order chi connectivity index (χ1) is 20.6. The highest BCUT2D eigenvalue weighted by atomic mass is 16.7. The third kappa shape index (κ3) is 3.29. The van der Waals surface area contributed by atoms with Crippen molar-refractivity contribution in [3.05, 3.63) is 79.2 Å². The molecule has 2 saturated heterocycles. The van der Waals surface area contributed by atoms with Gasteiger partial charge < -0.3 is 35.2 Å². The summed E-state index contributed by atoms with van der Waals surface area (Å²) < 4.78 is 11.7. The van der Waals surface area contributed by atoms with E-state index in [0.717, 1.165) is 68.8 Å². The zero-order valence-corrected chi connectivity index (χ0v) is 25.4. The van der Waals surface area contributed by atoms with Gasteiger partial charge in [0.2, 0.25) is 5.72 Å². The highest BCUT2D eigenvalue weighted by Crippen LogP contribution is 2.71. The molecule has 43 heavy (non-hydrogen) atoms. The number of aromatic nitrogens is 2. The predicted molar refractivity (Wildman–Crippen MR) is 163 cm³/mol. The summed E-state index contributed by atoms with van der Waals surface area (Å²) in [5, 5.41) is 20.7. The molecular formula is C34H38N4O5. The molecule has 9 nitrogen and oxygen atoms in total. The van der Waals surface area contributed by atoms with Gasteiger partial charge in [0.25, 0.3) is 0 Å². The number of H-pyrrole nitrogens is 2. The lowest BCUT2D eigenvalue weighted by atomic mass is 9.85. The Bertz CT molecular complexity index is 1850. The summed E-state index contributed by atoms with van der Waals surface area (Å²) >= 11 is 0. The second kappa shape index (κ2) is 9.21. The van der Waals surface area contributed by atoms with Crippen LogP contribution in [0.1, 0.15) is 72.6 Å². The molecule has 6 heterocycles. The van der Waals surface area contributed by atoms with E-state index < -0.39 is 29.3 Å². The van der Waals surface area contributed by atoms with E-state index in [1.807, 2.05) is 32.1 Å². The van der Waals surface area contributed by atoms with E-state index in [1.165, 1.54) is 7.11 Å². The quantitative estimate of drug-likeness (QED) is 0.208. The summed E-state index contributed by atoms with van der Waals surface area (Å²) in [6, 6.07) is 0. The second-order valence-corrected chi connectivity index (χ2v) is 12.3. The molecule has 8 bridgehead atoms. The number of hydrogen-bond acceptors (Lipinski definition) is 7. The van der Waals surface area contributed by atoms with Crippen LogP contribution in [-0.2, 0) is 20.7 Å². The van der Waals surface area contributed by atoms with Crippen molar-refractivity contribution in [2.75, 3.05) is 7.11 Å². The van der Waals surface area contributed by atoms with Crippen molar-refractivity contribution in [1.82, 2.24) is 20.6 Å². The number of methoxy groups -OCH3 is 1. The molecule has 6 atom stereocenters. The lowest BCUT2D eigenvalue weighted by Gasteiger charge is -2.28. The number of aliphatic hydroxyl groups is 1. The number of fused-ring (bicyclic) bond motifs is 7. The van der Waals surface area contributed by atoms with E-state index in [-0.39, 0.29) is 11.8 Å². The smallest absolute Gasteiger partial charge is 0.315 e. The van der Waals surface area contributed by atoms with Crippen LogP contribution in [0.4, 0.5) is 0 Å². The van der Waals surface area contributed by atoms with Crippen LogP contribution >= 0.6 is 0 Å². The number of hydrogen-bond donors (Lipinski definition) is 5. The largest absolute Gasteiger partial charge is 0.468 e. The third-order valence-corrected chi connectivity index (χ3v) is 10.5. The molecule has 2 aromatic rings. The minimum atomic E-state index is -1.14. The molecule has 2 aromatic heterocycles. The van der Waals surface area contributed by atoms with E-state index in [0.29, 0.717) is 22.9 Å². The Labute approximate surface area is 250 Å². The van der Waals surface area contributed by atoms with Gasteiger partial charge in [-0.15, -0.1) is 0 Å². The number of epoxide rings is 1. The Morgan fingerprint density at radius 1 is 1.14 bits per heavy atom. The molecule has 1 aliphatic carbocycles. The van der Waals surface area contributed by atoms with Crippen molar-refractivity contribution in [3.8, 4) is 0 Å². The van der Waals surface area contributed by atoms with Crippen LogP contribution in [0.2, 0.25) is 0 Å². The highest BCUT2D eigenvalue weighted by molar-refractivity contribution is 5.84. The Kier molecular flexibility index (Phi) is 5.94. The molecule has 9 heteroatoms. The van der Waals surface area contributed by atoms with Gasteiger partial charge in [0.1, 0.15) is 12.0 Å². The number of ether oxygens (including phenoxy) is 2. The minimum absolute atomic E-state index is 0.0633. The van der Waals surface area contributed by atoms with Crippen LogP contribution in [0.15, 0.2) is 34.8 Å². The zero-order chi connectivity index (χ0) is 30.6. The number of aldehydes is 1. The van der Waals surface area contributed by atoms with E-state index >= 15 is 0 Å². The maximum absolute atomic E-state index is 13.3. The zero-order valence-electron chi connectivity index (χ0n) is 25.4. The van der Waals surface area contributed by atoms with Crippen LogP contribution in [0, 0.1) is 24.7 Å². The number of aliphatic hydroxyl groups excluding tert-OH is 1. The second-order valence-electron chi connectivity index (χ2n) is 12.3. The molecule has 5 aliphatic rings. The Balaban J connectivity index is 1.59. The van der Waals surface area contributed by atoms with Gasteiger partial charge in [-0.2, -0.15) is 0 Å². The van der Waals surface area contributed by atoms with Crippen molar-refractivity contribution in [2.45, 2.75) is 64.9 Å². The van der Waals surface area contributed by atoms with Crippen LogP contribution in [0.3, 0.4) is 0 Å². The van der Waals surface area contributed by atoms with Crippen LogP contribution in [0.25, 0.3) is 24.3 Å². The Morgan fingerprint density at radius 3 is 2.56 bits per heavy atom. The van der Waals surface area contributed by atoms with Crippen LogP contribution in [0.5, 0.6) is 0 Å². The van der Waals surface area contributed by atoms with Gasteiger partial charge in [-0.25, -0.2) is 0 Å². The van der Waals surface area contributed by atoms with E-state index in [1.54, 1.807) is 0 Å². The van der Waals surface area contributed by atoms with Crippen LogP contribution < -0.4 is 21.3 Å². The maximum Gasteiger partial charge on any atom is 0.315 e. The highest BCUT2D eigenvalue weighted by Gasteiger charge is 2.88. The molecule has 0 amide bonds. The molecule has 7 rings (SSSR count). The van der Waals surface area contributed by atoms with Gasteiger partial charge >= 0.3 is 5.97 Å². The number of nitrogens with one attached hydrogen (secondary N) is 4. The predicted octanol–water partition coefficient (Wildman–Crippen LogP) is 2.66. The summed E-state index contributed by atoms with van der Waals surface area (Å²) in [5.74, 6) is -1.22. The molecule has 0 aromatic carbocycles. The number of carbonyl (C=O) groups excluding carboxylic acids is 2. The molecule has 3 fully saturated rings. The molecule has 1 spiro atoms. The van der Waals surface area contributed by atoms with Gasteiger partial charge in [-0.1, -0.05) is 33.4 Å². The number of esters is 1. The molecular weight excluding hydrogens is 544 g/mol. The van der Waals surface area contributed by atoms with Crippen molar-refractivity contribution in [1.29, 1.82) is 0 Å². The molecule has 224 valence electrons. The monoisotopic (exact) mass is 582 g/mol. The van der Waals surface area contributed by atoms with Crippen molar-refractivity contribution in [3.63, 3.8) is 0 Å². The average molecular weight is 583 g/mol. The van der Waals surface area contributed by atoms with Gasteiger partial charge in [0.05, 0.1) is 12.5 Å². The first-order valence-corrected chi connectivity index (χ1v) is 15.0. The van der Waals surface area contributed by atoms with Gasteiger partial charge in [-0.05, 0) is 61.6 Å². The first-order valence-electron chi connectivity index (χ1n) is 15.0. The average Bonchev–Trinajstić information content (AvgIpc) is 3.22. The Morgan fingerprint density at radius 2 is 1.91 bits per heavy atom. The molecule has 0 radical (unpaired) electrons. The van der Waals surface area contributed by atoms with Crippen LogP contribution in [-0.4, -0.2) is 51.9 Å². The molecule has 4 aliphatic heterocycles. The summed E-state index contributed by atoms with van der Waals surface area (Å²) in [6.07, 6.45) is 9.13. The van der Waals surface area contributed by atoms with Crippen molar-refractivity contribution < 1.29 is 24.2 Å². The third-order valence-electron chi connectivity index (χ3n) is 10.5. The SMILES string of the molecule is C=Cc1c2[nH]c(c1C)/C=C1\N/C(=C3/[C@@H](C(=O)OC)C(O)[C@]45O[C@]34NC(=C5C)/C=c3\[nH]/c(c(C=O)c3CC)=C\2)[C@@H](CC)[C@@H]1C. The van der Waals surface area contributed by atoms with E-state index in [2.05, 4.69) is 54.0 Å². The minimum Gasteiger partial charge on any atom is -0.468 e. The number of carbonyl (C=O) groups is 2. The number of aromatic amines is 2. The Hall–Kier alpha value is -4.08. The fourth-order valence-corrected chi connectivity index (χ4v) is 8.25. The van der Waals surface area contributed by atoms with Gasteiger partial charge in [-0.3, -0.25) is 9.59 Å². The molecule has 1 unspecified atom stereocenters. The van der Waals surface area contributed by atoms with Gasteiger partial charge in [0, 0.05) is 62.4 Å².